The van der Waals surface area contributed by atoms with Crippen molar-refractivity contribution < 1.29 is 4.42 Å². The number of furan rings is 1. The maximum Gasteiger partial charge on any atom is 0.145 e. The highest BCUT2D eigenvalue weighted by Gasteiger charge is 2.26. The molecule has 33 heavy (non-hydrogen) atoms. The maximum atomic E-state index is 6.56. The van der Waals surface area contributed by atoms with Gasteiger partial charge in [-0.15, -0.1) is 0 Å². The van der Waals surface area contributed by atoms with Crippen LogP contribution in [0.2, 0.25) is 0 Å². The Bertz CT molecular complexity index is 1890. The third-order valence-electron chi connectivity index (χ3n) is 7.21. The SMILES string of the molecule is c1ccc(-n2c3ccc4c(c3c3c5oc6ccccc6c5ccc32)-c2ccccc2C4)cc1. The predicted octanol–water partition coefficient (Wildman–Crippen LogP) is 8.25. The van der Waals surface area contributed by atoms with Crippen LogP contribution in [0.1, 0.15) is 11.1 Å². The van der Waals surface area contributed by atoms with Gasteiger partial charge in [0.05, 0.1) is 16.4 Å². The molecule has 0 radical (unpaired) electrons. The van der Waals surface area contributed by atoms with Crippen LogP contribution in [0.25, 0.3) is 60.6 Å². The van der Waals surface area contributed by atoms with Crippen molar-refractivity contribution in [3.05, 3.63) is 114 Å². The van der Waals surface area contributed by atoms with Gasteiger partial charge in [-0.3, -0.25) is 0 Å². The van der Waals surface area contributed by atoms with Crippen LogP contribution in [0.3, 0.4) is 0 Å². The fourth-order valence-electron chi connectivity index (χ4n) is 5.84. The van der Waals surface area contributed by atoms with Crippen LogP contribution in [-0.2, 0) is 6.42 Å². The van der Waals surface area contributed by atoms with Crippen LogP contribution < -0.4 is 0 Å². The van der Waals surface area contributed by atoms with E-state index in [2.05, 4.69) is 102 Å². The molecule has 7 aromatic rings. The van der Waals surface area contributed by atoms with Crippen molar-refractivity contribution in [3.8, 4) is 16.8 Å². The molecule has 0 unspecified atom stereocenters. The lowest BCUT2D eigenvalue weighted by atomic mass is 9.98. The van der Waals surface area contributed by atoms with Crippen LogP contribution in [0, 0.1) is 0 Å². The highest BCUT2D eigenvalue weighted by molar-refractivity contribution is 6.27. The Morgan fingerprint density at radius 1 is 0.576 bits per heavy atom. The molecule has 2 nitrogen and oxygen atoms in total. The van der Waals surface area contributed by atoms with Crippen molar-refractivity contribution in [1.29, 1.82) is 0 Å². The lowest BCUT2D eigenvalue weighted by Crippen LogP contribution is -1.93. The average molecular weight is 421 g/mol. The zero-order valence-corrected chi connectivity index (χ0v) is 17.9. The van der Waals surface area contributed by atoms with Crippen molar-refractivity contribution >= 4 is 43.7 Å². The third kappa shape index (κ3) is 2.18. The second-order valence-electron chi connectivity index (χ2n) is 8.93. The Balaban J connectivity index is 1.66. The molecule has 0 atom stereocenters. The summed E-state index contributed by atoms with van der Waals surface area (Å²) in [6, 6.07) is 36.9. The molecule has 154 valence electrons. The summed E-state index contributed by atoms with van der Waals surface area (Å²) in [5, 5.41) is 4.84. The molecule has 0 spiro atoms. The van der Waals surface area contributed by atoms with E-state index in [0.717, 1.165) is 17.6 Å². The van der Waals surface area contributed by atoms with Gasteiger partial charge in [0, 0.05) is 21.8 Å². The molecule has 1 aliphatic carbocycles. The lowest BCUT2D eigenvalue weighted by Gasteiger charge is -2.08. The van der Waals surface area contributed by atoms with Gasteiger partial charge in [-0.1, -0.05) is 66.7 Å². The molecule has 0 N–H and O–H groups in total. The van der Waals surface area contributed by atoms with E-state index >= 15 is 0 Å². The van der Waals surface area contributed by atoms with E-state index in [1.54, 1.807) is 0 Å². The Morgan fingerprint density at radius 3 is 2.27 bits per heavy atom. The Labute approximate surface area is 190 Å². The van der Waals surface area contributed by atoms with Crippen molar-refractivity contribution in [2.75, 3.05) is 0 Å². The van der Waals surface area contributed by atoms with Gasteiger partial charge in [0.2, 0.25) is 0 Å². The zero-order valence-electron chi connectivity index (χ0n) is 17.9. The summed E-state index contributed by atoms with van der Waals surface area (Å²) in [6.45, 7) is 0. The van der Waals surface area contributed by atoms with Gasteiger partial charge in [0.1, 0.15) is 11.2 Å². The molecule has 0 aliphatic heterocycles. The number of benzene rings is 5. The van der Waals surface area contributed by atoms with E-state index in [1.807, 2.05) is 6.07 Å². The molecule has 0 saturated carbocycles. The number of hydrogen-bond acceptors (Lipinski definition) is 1. The van der Waals surface area contributed by atoms with Gasteiger partial charge >= 0.3 is 0 Å². The third-order valence-corrected chi connectivity index (χ3v) is 7.21. The molecular weight excluding hydrogens is 402 g/mol. The molecule has 2 heteroatoms. The van der Waals surface area contributed by atoms with E-state index < -0.39 is 0 Å². The minimum Gasteiger partial charge on any atom is -0.455 e. The minimum absolute atomic E-state index is 0.939. The van der Waals surface area contributed by atoms with Crippen molar-refractivity contribution in [1.82, 2.24) is 4.57 Å². The van der Waals surface area contributed by atoms with Gasteiger partial charge in [-0.2, -0.15) is 0 Å². The van der Waals surface area contributed by atoms with E-state index in [1.165, 1.54) is 60.5 Å². The normalized spacial score (nSPS) is 12.7. The summed E-state index contributed by atoms with van der Waals surface area (Å²) in [5.41, 5.74) is 11.0. The van der Waals surface area contributed by atoms with Crippen molar-refractivity contribution in [2.45, 2.75) is 6.42 Å². The van der Waals surface area contributed by atoms with E-state index in [0.29, 0.717) is 0 Å². The second-order valence-corrected chi connectivity index (χ2v) is 8.93. The number of nitrogens with zero attached hydrogens (tertiary/aromatic N) is 1. The first kappa shape index (κ1) is 17.3. The van der Waals surface area contributed by atoms with Crippen LogP contribution in [0.5, 0.6) is 0 Å². The van der Waals surface area contributed by atoms with Gasteiger partial charge in [0.15, 0.2) is 0 Å². The van der Waals surface area contributed by atoms with Crippen LogP contribution >= 0.6 is 0 Å². The standard InChI is InChI=1S/C31H19NO/c1-2-9-21(10-3-1)32-25-16-14-20-18-19-8-4-5-11-22(19)28(20)29(25)30-26(32)17-15-24-23-12-6-7-13-27(23)33-31(24)30/h1-17H,18H2. The lowest BCUT2D eigenvalue weighted by molar-refractivity contribution is 0.673. The van der Waals surface area contributed by atoms with Crippen molar-refractivity contribution in [2.24, 2.45) is 0 Å². The summed E-state index contributed by atoms with van der Waals surface area (Å²) in [4.78, 5) is 0. The zero-order chi connectivity index (χ0) is 21.5. The smallest absolute Gasteiger partial charge is 0.145 e. The van der Waals surface area contributed by atoms with Crippen molar-refractivity contribution in [3.63, 3.8) is 0 Å². The number of para-hydroxylation sites is 2. The van der Waals surface area contributed by atoms with Gasteiger partial charge in [-0.05, 0) is 65.1 Å². The number of hydrogen-bond donors (Lipinski definition) is 0. The number of aromatic nitrogens is 1. The first-order valence-electron chi connectivity index (χ1n) is 11.4. The van der Waals surface area contributed by atoms with Crippen LogP contribution in [-0.4, -0.2) is 4.57 Å². The summed E-state index contributed by atoms with van der Waals surface area (Å²) >= 11 is 0. The molecule has 0 fully saturated rings. The molecule has 0 bridgehead atoms. The summed E-state index contributed by atoms with van der Waals surface area (Å²) in [6.07, 6.45) is 0.982. The highest BCUT2D eigenvalue weighted by atomic mass is 16.3. The highest BCUT2D eigenvalue weighted by Crippen LogP contribution is 2.48. The molecule has 5 aromatic carbocycles. The molecule has 0 amide bonds. The summed E-state index contributed by atoms with van der Waals surface area (Å²) in [7, 11) is 0. The minimum atomic E-state index is 0.939. The Morgan fingerprint density at radius 2 is 1.33 bits per heavy atom. The predicted molar refractivity (Wildman–Crippen MR) is 136 cm³/mol. The monoisotopic (exact) mass is 421 g/mol. The van der Waals surface area contributed by atoms with Gasteiger partial charge in [0.25, 0.3) is 0 Å². The van der Waals surface area contributed by atoms with Gasteiger partial charge < -0.3 is 8.98 Å². The summed E-state index contributed by atoms with van der Waals surface area (Å²) < 4.78 is 8.94. The molecule has 2 heterocycles. The fourth-order valence-corrected chi connectivity index (χ4v) is 5.84. The maximum absolute atomic E-state index is 6.56. The topological polar surface area (TPSA) is 18.1 Å². The second kappa shape index (κ2) is 6.14. The van der Waals surface area contributed by atoms with E-state index in [-0.39, 0.29) is 0 Å². The summed E-state index contributed by atoms with van der Waals surface area (Å²) in [5.74, 6) is 0. The first-order chi connectivity index (χ1) is 16.4. The molecule has 8 rings (SSSR count). The fraction of sp³-hybridized carbons (Fsp3) is 0.0323. The quantitative estimate of drug-likeness (QED) is 0.261. The molecule has 2 aromatic heterocycles. The van der Waals surface area contributed by atoms with Crippen LogP contribution in [0.15, 0.2) is 108 Å². The number of fused-ring (bicyclic) bond motifs is 11. The Hall–Kier alpha value is -4.30. The number of rotatable bonds is 1. The molecular formula is C31H19NO. The van der Waals surface area contributed by atoms with Gasteiger partial charge in [-0.25, -0.2) is 0 Å². The van der Waals surface area contributed by atoms with Crippen LogP contribution in [0.4, 0.5) is 0 Å². The first-order valence-corrected chi connectivity index (χ1v) is 11.4. The van der Waals surface area contributed by atoms with E-state index in [4.69, 9.17) is 4.42 Å². The molecule has 1 aliphatic rings. The Kier molecular flexibility index (Phi) is 3.22. The van der Waals surface area contributed by atoms with E-state index in [9.17, 15) is 0 Å². The largest absolute Gasteiger partial charge is 0.455 e. The molecule has 0 saturated heterocycles. The average Bonchev–Trinajstić information content (AvgIpc) is 3.53.